The maximum Gasteiger partial charge on any atom is 0.118 e. The highest BCUT2D eigenvalue weighted by molar-refractivity contribution is 5.05. The standard InChI is InChI=1S/C13H23NO2/c1-4-8-14(9-12(15)5-2)10-13-7-6-11(3)16-13/h6-7,12,15H,4-5,8-10H2,1-3H3. The van der Waals surface area contributed by atoms with Crippen LogP contribution in [0.5, 0.6) is 0 Å². The molecule has 16 heavy (non-hydrogen) atoms. The van der Waals surface area contributed by atoms with Gasteiger partial charge < -0.3 is 9.52 Å². The number of rotatable bonds is 7. The molecule has 0 aliphatic heterocycles. The van der Waals surface area contributed by atoms with E-state index in [1.54, 1.807) is 0 Å². The smallest absolute Gasteiger partial charge is 0.118 e. The molecule has 92 valence electrons. The Labute approximate surface area is 98.1 Å². The maximum atomic E-state index is 9.67. The average Bonchev–Trinajstić information content (AvgIpc) is 2.64. The summed E-state index contributed by atoms with van der Waals surface area (Å²) in [5, 5.41) is 9.67. The van der Waals surface area contributed by atoms with Crippen LogP contribution < -0.4 is 0 Å². The van der Waals surface area contributed by atoms with Crippen LogP contribution in [-0.2, 0) is 6.54 Å². The molecule has 0 radical (unpaired) electrons. The zero-order chi connectivity index (χ0) is 12.0. The molecule has 3 nitrogen and oxygen atoms in total. The third kappa shape index (κ3) is 4.37. The molecular formula is C13H23NO2. The highest BCUT2D eigenvalue weighted by atomic mass is 16.3. The fourth-order valence-corrected chi connectivity index (χ4v) is 1.77. The van der Waals surface area contributed by atoms with Gasteiger partial charge in [0.15, 0.2) is 0 Å². The lowest BCUT2D eigenvalue weighted by Gasteiger charge is -2.23. The van der Waals surface area contributed by atoms with Crippen molar-refractivity contribution in [3.8, 4) is 0 Å². The van der Waals surface area contributed by atoms with E-state index in [0.717, 1.165) is 44.0 Å². The zero-order valence-corrected chi connectivity index (χ0v) is 10.6. The van der Waals surface area contributed by atoms with Crippen molar-refractivity contribution >= 4 is 0 Å². The van der Waals surface area contributed by atoms with Crippen molar-refractivity contribution < 1.29 is 9.52 Å². The van der Waals surface area contributed by atoms with E-state index in [-0.39, 0.29) is 6.10 Å². The Balaban J connectivity index is 2.50. The number of hydrogen-bond acceptors (Lipinski definition) is 3. The monoisotopic (exact) mass is 225 g/mol. The van der Waals surface area contributed by atoms with Crippen molar-refractivity contribution in [1.82, 2.24) is 4.90 Å². The summed E-state index contributed by atoms with van der Waals surface area (Å²) in [5.74, 6) is 1.93. The molecule has 1 rings (SSSR count). The van der Waals surface area contributed by atoms with E-state index in [0.29, 0.717) is 0 Å². The van der Waals surface area contributed by atoms with Crippen LogP contribution in [0.15, 0.2) is 16.5 Å². The third-order valence-electron chi connectivity index (χ3n) is 2.66. The van der Waals surface area contributed by atoms with E-state index in [9.17, 15) is 5.11 Å². The molecule has 0 saturated carbocycles. The van der Waals surface area contributed by atoms with E-state index >= 15 is 0 Å². The number of nitrogens with zero attached hydrogens (tertiary/aromatic N) is 1. The van der Waals surface area contributed by atoms with Gasteiger partial charge in [-0.1, -0.05) is 13.8 Å². The minimum Gasteiger partial charge on any atom is -0.465 e. The minimum atomic E-state index is -0.234. The summed E-state index contributed by atoms with van der Waals surface area (Å²) in [6, 6.07) is 3.99. The summed E-state index contributed by atoms with van der Waals surface area (Å²) in [6.07, 6.45) is 1.66. The van der Waals surface area contributed by atoms with Crippen molar-refractivity contribution in [2.45, 2.75) is 46.3 Å². The lowest BCUT2D eigenvalue weighted by molar-refractivity contribution is 0.101. The molecule has 0 saturated heterocycles. The second kappa shape index (κ2) is 6.71. The van der Waals surface area contributed by atoms with Gasteiger partial charge in [0.1, 0.15) is 11.5 Å². The molecule has 0 bridgehead atoms. The number of aliphatic hydroxyl groups excluding tert-OH is 1. The largest absolute Gasteiger partial charge is 0.465 e. The second-order valence-corrected chi connectivity index (χ2v) is 4.31. The Morgan fingerprint density at radius 1 is 1.38 bits per heavy atom. The molecule has 0 aliphatic rings. The Hall–Kier alpha value is -0.800. The van der Waals surface area contributed by atoms with Crippen molar-refractivity contribution in [2.75, 3.05) is 13.1 Å². The van der Waals surface area contributed by atoms with E-state index < -0.39 is 0 Å². The van der Waals surface area contributed by atoms with Crippen molar-refractivity contribution in [1.29, 1.82) is 0 Å². The lowest BCUT2D eigenvalue weighted by Crippen LogP contribution is -2.32. The van der Waals surface area contributed by atoms with Crippen LogP contribution in [0, 0.1) is 6.92 Å². The van der Waals surface area contributed by atoms with Gasteiger partial charge >= 0.3 is 0 Å². The molecule has 1 aromatic rings. The molecule has 0 aliphatic carbocycles. The first kappa shape index (κ1) is 13.3. The van der Waals surface area contributed by atoms with E-state index in [1.165, 1.54) is 0 Å². The fraction of sp³-hybridized carbons (Fsp3) is 0.692. The molecule has 1 atom stereocenters. The summed E-state index contributed by atoms with van der Waals surface area (Å²) in [6.45, 7) is 8.62. The van der Waals surface area contributed by atoms with Gasteiger partial charge in [-0.05, 0) is 38.4 Å². The van der Waals surface area contributed by atoms with Gasteiger partial charge in [-0.25, -0.2) is 0 Å². The van der Waals surface area contributed by atoms with Crippen LogP contribution in [0.25, 0.3) is 0 Å². The molecule has 1 heterocycles. The topological polar surface area (TPSA) is 36.6 Å². The van der Waals surface area contributed by atoms with Gasteiger partial charge in [0.25, 0.3) is 0 Å². The molecular weight excluding hydrogens is 202 g/mol. The van der Waals surface area contributed by atoms with Crippen LogP contribution >= 0.6 is 0 Å². The first-order valence-electron chi connectivity index (χ1n) is 6.11. The molecule has 1 aromatic heterocycles. The first-order chi connectivity index (χ1) is 7.65. The van der Waals surface area contributed by atoms with Crippen molar-refractivity contribution in [3.63, 3.8) is 0 Å². The van der Waals surface area contributed by atoms with Gasteiger partial charge in [-0.2, -0.15) is 0 Å². The molecule has 1 unspecified atom stereocenters. The molecule has 1 N–H and O–H groups in total. The molecule has 3 heteroatoms. The number of furan rings is 1. The average molecular weight is 225 g/mol. The lowest BCUT2D eigenvalue weighted by atomic mass is 10.2. The van der Waals surface area contributed by atoms with Crippen LogP contribution in [0.2, 0.25) is 0 Å². The van der Waals surface area contributed by atoms with Crippen LogP contribution in [0.3, 0.4) is 0 Å². The van der Waals surface area contributed by atoms with Gasteiger partial charge in [-0.3, -0.25) is 4.90 Å². The van der Waals surface area contributed by atoms with Gasteiger partial charge in [-0.15, -0.1) is 0 Å². The molecule has 0 fully saturated rings. The van der Waals surface area contributed by atoms with E-state index in [2.05, 4.69) is 11.8 Å². The van der Waals surface area contributed by atoms with E-state index in [1.807, 2.05) is 26.0 Å². The Morgan fingerprint density at radius 2 is 2.12 bits per heavy atom. The summed E-state index contributed by atoms with van der Waals surface area (Å²) in [5.41, 5.74) is 0. The predicted octanol–water partition coefficient (Wildman–Crippen LogP) is 2.57. The van der Waals surface area contributed by atoms with Crippen LogP contribution in [0.1, 0.15) is 38.2 Å². The molecule has 0 amide bonds. The number of aliphatic hydroxyl groups is 1. The van der Waals surface area contributed by atoms with Crippen molar-refractivity contribution in [3.05, 3.63) is 23.7 Å². The Kier molecular flexibility index (Phi) is 5.56. The summed E-state index contributed by atoms with van der Waals surface area (Å²) < 4.78 is 5.55. The zero-order valence-electron chi connectivity index (χ0n) is 10.6. The Morgan fingerprint density at radius 3 is 2.62 bits per heavy atom. The van der Waals surface area contributed by atoms with Crippen LogP contribution in [0.4, 0.5) is 0 Å². The first-order valence-corrected chi connectivity index (χ1v) is 6.11. The highest BCUT2D eigenvalue weighted by Crippen LogP contribution is 2.10. The second-order valence-electron chi connectivity index (χ2n) is 4.31. The van der Waals surface area contributed by atoms with Gasteiger partial charge in [0.05, 0.1) is 12.6 Å². The van der Waals surface area contributed by atoms with Gasteiger partial charge in [0, 0.05) is 6.54 Å². The molecule has 0 aromatic carbocycles. The third-order valence-corrected chi connectivity index (χ3v) is 2.66. The fourth-order valence-electron chi connectivity index (χ4n) is 1.77. The summed E-state index contributed by atoms with van der Waals surface area (Å²) in [4.78, 5) is 2.24. The Bertz CT molecular complexity index is 296. The van der Waals surface area contributed by atoms with Crippen LogP contribution in [-0.4, -0.2) is 29.2 Å². The SMILES string of the molecule is CCCN(Cc1ccc(C)o1)CC(O)CC. The summed E-state index contributed by atoms with van der Waals surface area (Å²) in [7, 11) is 0. The summed E-state index contributed by atoms with van der Waals surface area (Å²) >= 11 is 0. The van der Waals surface area contributed by atoms with Crippen molar-refractivity contribution in [2.24, 2.45) is 0 Å². The number of hydrogen-bond donors (Lipinski definition) is 1. The molecule has 0 spiro atoms. The minimum absolute atomic E-state index is 0.234. The quantitative estimate of drug-likeness (QED) is 0.775. The van der Waals surface area contributed by atoms with E-state index in [4.69, 9.17) is 4.42 Å². The van der Waals surface area contributed by atoms with Gasteiger partial charge in [0.2, 0.25) is 0 Å². The number of aryl methyl sites for hydroxylation is 1. The highest BCUT2D eigenvalue weighted by Gasteiger charge is 2.11. The normalized spacial score (nSPS) is 13.3. The predicted molar refractivity (Wildman–Crippen MR) is 65.3 cm³/mol. The maximum absolute atomic E-state index is 9.67.